The van der Waals surface area contributed by atoms with Gasteiger partial charge in [0.15, 0.2) is 0 Å². The minimum Gasteiger partial charge on any atom is -0.491 e. The van der Waals surface area contributed by atoms with Crippen LogP contribution in [0, 0.1) is 13.8 Å². The summed E-state index contributed by atoms with van der Waals surface area (Å²) in [6, 6.07) is 18.5. The molecule has 0 bridgehead atoms. The largest absolute Gasteiger partial charge is 0.491 e. The molecule has 0 aliphatic rings. The zero-order valence-electron chi connectivity index (χ0n) is 16.5. The number of nitrogens with zero attached hydrogens (tertiary/aromatic N) is 2. The Labute approximate surface area is 162 Å². The molecule has 0 fully saturated rings. The number of ether oxygens (including phenoxy) is 1. The van der Waals surface area contributed by atoms with E-state index < -0.39 is 0 Å². The van der Waals surface area contributed by atoms with Crippen LogP contribution >= 0.6 is 0 Å². The normalized spacial score (nSPS) is 11.4. The third-order valence-corrected chi connectivity index (χ3v) is 4.95. The highest BCUT2D eigenvalue weighted by Gasteiger charge is 2.09. The predicted molar refractivity (Wildman–Crippen MR) is 114 cm³/mol. The fraction of sp³-hybridized carbons (Fsp3) is 0.333. The van der Waals surface area contributed by atoms with Crippen LogP contribution in [-0.4, -0.2) is 6.61 Å². The highest BCUT2D eigenvalue weighted by Crippen LogP contribution is 2.37. The molecule has 0 aromatic heterocycles. The number of unbranched alkanes of at least 4 members (excludes halogenated alkanes) is 3. The quantitative estimate of drug-likeness (QED) is 0.297. The van der Waals surface area contributed by atoms with Gasteiger partial charge in [0.1, 0.15) is 11.4 Å². The van der Waals surface area contributed by atoms with E-state index in [0.717, 1.165) is 39.9 Å². The van der Waals surface area contributed by atoms with Crippen molar-refractivity contribution in [2.45, 2.75) is 46.5 Å². The minimum atomic E-state index is 0.713. The first kappa shape index (κ1) is 19.1. The Bertz CT molecular complexity index is 931. The molecule has 3 nitrogen and oxygen atoms in total. The molecule has 27 heavy (non-hydrogen) atoms. The second-order valence-corrected chi connectivity index (χ2v) is 6.96. The number of rotatable bonds is 8. The van der Waals surface area contributed by atoms with Gasteiger partial charge < -0.3 is 4.74 Å². The van der Waals surface area contributed by atoms with E-state index in [1.165, 1.54) is 24.8 Å². The summed E-state index contributed by atoms with van der Waals surface area (Å²) >= 11 is 0. The fourth-order valence-electron chi connectivity index (χ4n) is 3.11. The van der Waals surface area contributed by atoms with E-state index >= 15 is 0 Å². The van der Waals surface area contributed by atoms with E-state index in [1.54, 1.807) is 0 Å². The van der Waals surface area contributed by atoms with E-state index in [1.807, 2.05) is 30.3 Å². The number of benzene rings is 3. The zero-order chi connectivity index (χ0) is 19.1. The number of fused-ring (bicyclic) bond motifs is 1. The Morgan fingerprint density at radius 1 is 0.815 bits per heavy atom. The van der Waals surface area contributed by atoms with Crippen molar-refractivity contribution in [2.75, 3.05) is 6.61 Å². The Balaban J connectivity index is 1.92. The lowest BCUT2D eigenvalue weighted by Crippen LogP contribution is -1.97. The van der Waals surface area contributed by atoms with Gasteiger partial charge >= 0.3 is 0 Å². The summed E-state index contributed by atoms with van der Waals surface area (Å²) in [5.41, 5.74) is 4.08. The molecule has 3 rings (SSSR count). The smallest absolute Gasteiger partial charge is 0.147 e. The van der Waals surface area contributed by atoms with E-state index in [9.17, 15) is 0 Å². The predicted octanol–water partition coefficient (Wildman–Crippen LogP) is 7.83. The van der Waals surface area contributed by atoms with Crippen molar-refractivity contribution < 1.29 is 4.74 Å². The van der Waals surface area contributed by atoms with Crippen molar-refractivity contribution in [3.63, 3.8) is 0 Å². The maximum Gasteiger partial charge on any atom is 0.147 e. The molecule has 0 aliphatic heterocycles. The van der Waals surface area contributed by atoms with Crippen LogP contribution in [0.3, 0.4) is 0 Å². The van der Waals surface area contributed by atoms with Crippen LogP contribution in [-0.2, 0) is 0 Å². The van der Waals surface area contributed by atoms with Crippen molar-refractivity contribution in [1.82, 2.24) is 0 Å². The summed E-state index contributed by atoms with van der Waals surface area (Å²) in [6.45, 7) is 7.11. The minimum absolute atomic E-state index is 0.713. The van der Waals surface area contributed by atoms with Gasteiger partial charge in [-0.1, -0.05) is 68.7 Å². The van der Waals surface area contributed by atoms with Crippen molar-refractivity contribution in [1.29, 1.82) is 0 Å². The first-order valence-electron chi connectivity index (χ1n) is 9.83. The number of azo groups is 1. The van der Waals surface area contributed by atoms with E-state index in [2.05, 4.69) is 55.3 Å². The van der Waals surface area contributed by atoms with Crippen LogP contribution in [0.15, 0.2) is 64.8 Å². The molecule has 0 saturated carbocycles. The van der Waals surface area contributed by atoms with Gasteiger partial charge in [0.05, 0.1) is 12.3 Å². The third kappa shape index (κ3) is 4.73. The SMILES string of the molecule is CCCCCCOc1ccc2ccccc2c1N=Nc1cccc(C)c1C. The van der Waals surface area contributed by atoms with Gasteiger partial charge in [-0.15, -0.1) is 5.11 Å². The number of hydrogen-bond acceptors (Lipinski definition) is 3. The first-order chi connectivity index (χ1) is 13.2. The molecule has 0 atom stereocenters. The maximum atomic E-state index is 6.08. The summed E-state index contributed by atoms with van der Waals surface area (Å²) in [6.07, 6.45) is 4.74. The molecule has 140 valence electrons. The molecule has 3 heteroatoms. The van der Waals surface area contributed by atoms with Crippen molar-refractivity contribution >= 4 is 22.1 Å². The van der Waals surface area contributed by atoms with Crippen LogP contribution in [0.1, 0.15) is 43.7 Å². The van der Waals surface area contributed by atoms with Gasteiger partial charge in [0, 0.05) is 5.39 Å². The number of aryl methyl sites for hydroxylation is 1. The standard InChI is InChI=1S/C24H28N2O/c1-4-5-6-9-17-27-23-16-15-20-12-7-8-13-21(20)24(23)26-25-22-14-10-11-18(2)19(22)3/h7-8,10-16H,4-6,9,17H2,1-3H3. The third-order valence-electron chi connectivity index (χ3n) is 4.95. The molecule has 0 heterocycles. The number of hydrogen-bond donors (Lipinski definition) is 0. The average Bonchev–Trinajstić information content (AvgIpc) is 2.69. The van der Waals surface area contributed by atoms with Crippen molar-refractivity contribution in [3.05, 3.63) is 65.7 Å². The maximum absolute atomic E-state index is 6.08. The second kappa shape index (κ2) is 9.31. The van der Waals surface area contributed by atoms with Crippen LogP contribution in [0.5, 0.6) is 5.75 Å². The van der Waals surface area contributed by atoms with Gasteiger partial charge in [0.25, 0.3) is 0 Å². The Hall–Kier alpha value is -2.68. The molecule has 0 saturated heterocycles. The lowest BCUT2D eigenvalue weighted by Gasteiger charge is -2.11. The van der Waals surface area contributed by atoms with Crippen molar-refractivity contribution in [3.8, 4) is 5.75 Å². The van der Waals surface area contributed by atoms with Gasteiger partial charge in [-0.05, 0) is 48.9 Å². The van der Waals surface area contributed by atoms with Crippen LogP contribution in [0.2, 0.25) is 0 Å². The molecular formula is C24H28N2O. The highest BCUT2D eigenvalue weighted by atomic mass is 16.5. The summed E-state index contributed by atoms with van der Waals surface area (Å²) in [4.78, 5) is 0. The molecule has 0 N–H and O–H groups in total. The fourth-order valence-corrected chi connectivity index (χ4v) is 3.11. The molecule has 0 radical (unpaired) electrons. The van der Waals surface area contributed by atoms with Crippen LogP contribution in [0.4, 0.5) is 11.4 Å². The van der Waals surface area contributed by atoms with Crippen molar-refractivity contribution in [2.24, 2.45) is 10.2 Å². The molecule has 0 aliphatic carbocycles. The lowest BCUT2D eigenvalue weighted by atomic mass is 10.1. The summed E-state index contributed by atoms with van der Waals surface area (Å²) in [5.74, 6) is 0.805. The Morgan fingerprint density at radius 2 is 1.67 bits per heavy atom. The second-order valence-electron chi connectivity index (χ2n) is 6.96. The van der Waals surface area contributed by atoms with Gasteiger partial charge in [-0.3, -0.25) is 0 Å². The van der Waals surface area contributed by atoms with Gasteiger partial charge in [-0.25, -0.2) is 0 Å². The Kier molecular flexibility index (Phi) is 6.59. The van der Waals surface area contributed by atoms with E-state index in [0.29, 0.717) is 6.61 Å². The highest BCUT2D eigenvalue weighted by molar-refractivity contribution is 5.95. The summed E-state index contributed by atoms with van der Waals surface area (Å²) < 4.78 is 6.08. The van der Waals surface area contributed by atoms with Gasteiger partial charge in [0.2, 0.25) is 0 Å². The van der Waals surface area contributed by atoms with Crippen LogP contribution in [0.25, 0.3) is 10.8 Å². The molecular weight excluding hydrogens is 332 g/mol. The summed E-state index contributed by atoms with van der Waals surface area (Å²) in [5, 5.41) is 11.4. The lowest BCUT2D eigenvalue weighted by molar-refractivity contribution is 0.306. The van der Waals surface area contributed by atoms with E-state index in [-0.39, 0.29) is 0 Å². The summed E-state index contributed by atoms with van der Waals surface area (Å²) in [7, 11) is 0. The Morgan fingerprint density at radius 3 is 2.52 bits per heavy atom. The molecule has 3 aromatic carbocycles. The molecule has 3 aromatic rings. The monoisotopic (exact) mass is 360 g/mol. The molecule has 0 unspecified atom stereocenters. The van der Waals surface area contributed by atoms with E-state index in [4.69, 9.17) is 4.74 Å². The molecule has 0 amide bonds. The average molecular weight is 361 g/mol. The van der Waals surface area contributed by atoms with Crippen LogP contribution < -0.4 is 4.74 Å². The molecule has 0 spiro atoms. The zero-order valence-corrected chi connectivity index (χ0v) is 16.5. The first-order valence-corrected chi connectivity index (χ1v) is 9.83. The van der Waals surface area contributed by atoms with Gasteiger partial charge in [-0.2, -0.15) is 5.11 Å². The topological polar surface area (TPSA) is 34.0 Å².